The maximum absolute atomic E-state index is 11.0. The first-order valence-electron chi connectivity index (χ1n) is 4.65. The minimum atomic E-state index is -1.44. The van der Waals surface area contributed by atoms with Crippen molar-refractivity contribution in [3.05, 3.63) is 0 Å². The molecule has 2 rings (SSSR count). The molecule has 3 atom stereocenters. The molecule has 0 aliphatic carbocycles. The molecule has 2 unspecified atom stereocenters. The number of rotatable bonds is 1. The number of hydrogen-bond acceptors (Lipinski definition) is 6. The Morgan fingerprint density at radius 2 is 2.07 bits per heavy atom. The van der Waals surface area contributed by atoms with E-state index in [0.717, 1.165) is 0 Å². The molecular weight excluding hydrogens is 204 g/mol. The van der Waals surface area contributed by atoms with Gasteiger partial charge in [0.2, 0.25) is 0 Å². The standard InChI is InChI=1S/C9H12O6/c1-9(2)13-3-4(15-9)7-5(10)6(11)8(12)14-7/h4-5,7,10H,3H2,1-2H3/t4-,5?,7?/m0/s1. The maximum atomic E-state index is 11.0. The molecule has 0 radical (unpaired) electrons. The zero-order valence-electron chi connectivity index (χ0n) is 8.43. The topological polar surface area (TPSA) is 82.1 Å². The summed E-state index contributed by atoms with van der Waals surface area (Å²) in [4.78, 5) is 21.9. The van der Waals surface area contributed by atoms with Gasteiger partial charge in [-0.05, 0) is 13.8 Å². The van der Waals surface area contributed by atoms with Crippen LogP contribution in [0.5, 0.6) is 0 Å². The third-order valence-electron chi connectivity index (χ3n) is 2.42. The Labute approximate surface area is 86.1 Å². The van der Waals surface area contributed by atoms with Crippen molar-refractivity contribution in [3.63, 3.8) is 0 Å². The van der Waals surface area contributed by atoms with E-state index in [1.54, 1.807) is 13.8 Å². The molecule has 0 amide bonds. The lowest BCUT2D eigenvalue weighted by Crippen LogP contribution is -2.39. The van der Waals surface area contributed by atoms with Gasteiger partial charge in [-0.15, -0.1) is 0 Å². The zero-order chi connectivity index (χ0) is 11.2. The van der Waals surface area contributed by atoms with Crippen molar-refractivity contribution >= 4 is 11.8 Å². The highest BCUT2D eigenvalue weighted by Gasteiger charge is 2.50. The van der Waals surface area contributed by atoms with Gasteiger partial charge in [-0.2, -0.15) is 0 Å². The van der Waals surface area contributed by atoms with Gasteiger partial charge in [-0.25, -0.2) is 4.79 Å². The SMILES string of the molecule is CC1(C)OC[C@@H](C2OC(=O)C(=O)C2O)O1. The van der Waals surface area contributed by atoms with Crippen LogP contribution in [0.3, 0.4) is 0 Å². The average Bonchev–Trinajstić information content (AvgIpc) is 2.62. The Morgan fingerprint density at radius 1 is 1.40 bits per heavy atom. The number of carbonyl (C=O) groups excluding carboxylic acids is 2. The fraction of sp³-hybridized carbons (Fsp3) is 0.778. The highest BCUT2D eigenvalue weighted by molar-refractivity contribution is 6.37. The van der Waals surface area contributed by atoms with Crippen molar-refractivity contribution in [3.8, 4) is 0 Å². The van der Waals surface area contributed by atoms with Gasteiger partial charge in [-0.1, -0.05) is 0 Å². The molecule has 0 bridgehead atoms. The van der Waals surface area contributed by atoms with Crippen LogP contribution >= 0.6 is 0 Å². The third kappa shape index (κ3) is 1.75. The summed E-state index contributed by atoms with van der Waals surface area (Å²) < 4.78 is 15.4. The molecule has 2 aliphatic heterocycles. The monoisotopic (exact) mass is 216 g/mol. The van der Waals surface area contributed by atoms with E-state index in [2.05, 4.69) is 0 Å². The molecule has 84 valence electrons. The van der Waals surface area contributed by atoms with Gasteiger partial charge in [0.15, 0.2) is 18.0 Å². The van der Waals surface area contributed by atoms with Crippen LogP contribution in [-0.4, -0.2) is 47.6 Å². The summed E-state index contributed by atoms with van der Waals surface area (Å²) in [5.74, 6) is -2.71. The highest BCUT2D eigenvalue weighted by Crippen LogP contribution is 2.28. The number of hydrogen-bond donors (Lipinski definition) is 1. The van der Waals surface area contributed by atoms with Crippen molar-refractivity contribution in [2.45, 2.75) is 37.9 Å². The Balaban J connectivity index is 2.08. The Hall–Kier alpha value is -0.980. The number of ether oxygens (including phenoxy) is 3. The molecule has 2 heterocycles. The number of aliphatic hydroxyl groups excluding tert-OH is 1. The lowest BCUT2D eigenvalue weighted by atomic mass is 10.1. The second-order valence-corrected chi connectivity index (χ2v) is 4.05. The van der Waals surface area contributed by atoms with Crippen LogP contribution in [0.1, 0.15) is 13.8 Å². The minimum absolute atomic E-state index is 0.190. The molecule has 0 saturated carbocycles. The van der Waals surface area contributed by atoms with Crippen molar-refractivity contribution in [1.29, 1.82) is 0 Å². The van der Waals surface area contributed by atoms with Gasteiger partial charge in [0.05, 0.1) is 6.61 Å². The van der Waals surface area contributed by atoms with Gasteiger partial charge in [0.25, 0.3) is 5.78 Å². The van der Waals surface area contributed by atoms with Crippen LogP contribution < -0.4 is 0 Å². The predicted molar refractivity (Wildman–Crippen MR) is 45.8 cm³/mol. The number of Topliss-reactive ketones (excluding diaryl/α,β-unsaturated/α-hetero) is 1. The molecule has 2 saturated heterocycles. The summed E-state index contributed by atoms with van der Waals surface area (Å²) in [6.07, 6.45) is -2.99. The normalized spacial score (nSPS) is 39.5. The maximum Gasteiger partial charge on any atom is 0.378 e. The molecule has 2 aliphatic rings. The molecule has 0 aromatic heterocycles. The smallest absolute Gasteiger partial charge is 0.378 e. The second-order valence-electron chi connectivity index (χ2n) is 4.05. The Kier molecular flexibility index (Phi) is 2.29. The lowest BCUT2D eigenvalue weighted by Gasteiger charge is -2.20. The number of esters is 1. The number of aliphatic hydroxyl groups is 1. The first-order chi connectivity index (χ1) is 6.91. The minimum Gasteiger partial charge on any atom is -0.450 e. The van der Waals surface area contributed by atoms with Crippen LogP contribution in [0, 0.1) is 0 Å². The lowest BCUT2D eigenvalue weighted by molar-refractivity contribution is -0.166. The number of carbonyl (C=O) groups is 2. The van der Waals surface area contributed by atoms with Crippen molar-refractivity contribution < 1.29 is 28.9 Å². The quantitative estimate of drug-likeness (QED) is 0.447. The summed E-state index contributed by atoms with van der Waals surface area (Å²) in [5, 5.41) is 9.43. The van der Waals surface area contributed by atoms with Gasteiger partial charge in [0, 0.05) is 0 Å². The van der Waals surface area contributed by atoms with Crippen molar-refractivity contribution in [1.82, 2.24) is 0 Å². The van der Waals surface area contributed by atoms with Gasteiger partial charge < -0.3 is 19.3 Å². The van der Waals surface area contributed by atoms with Crippen LogP contribution in [0.2, 0.25) is 0 Å². The number of cyclic esters (lactones) is 1. The van der Waals surface area contributed by atoms with E-state index in [9.17, 15) is 14.7 Å². The highest BCUT2D eigenvalue weighted by atomic mass is 16.8. The largest absolute Gasteiger partial charge is 0.450 e. The van der Waals surface area contributed by atoms with E-state index in [0.29, 0.717) is 0 Å². The molecule has 15 heavy (non-hydrogen) atoms. The van der Waals surface area contributed by atoms with Gasteiger partial charge in [-0.3, -0.25) is 4.79 Å². The molecule has 2 fully saturated rings. The fourth-order valence-electron chi connectivity index (χ4n) is 1.67. The summed E-state index contributed by atoms with van der Waals surface area (Å²) in [6, 6.07) is 0. The van der Waals surface area contributed by atoms with E-state index < -0.39 is 35.9 Å². The molecule has 6 nitrogen and oxygen atoms in total. The van der Waals surface area contributed by atoms with Crippen LogP contribution in [0.25, 0.3) is 0 Å². The molecule has 0 spiro atoms. The number of ketones is 1. The molecule has 6 heteroatoms. The third-order valence-corrected chi connectivity index (χ3v) is 2.42. The van der Waals surface area contributed by atoms with E-state index in [1.807, 2.05) is 0 Å². The second kappa shape index (κ2) is 3.26. The first-order valence-corrected chi connectivity index (χ1v) is 4.65. The van der Waals surface area contributed by atoms with Gasteiger partial charge >= 0.3 is 5.97 Å². The van der Waals surface area contributed by atoms with Crippen molar-refractivity contribution in [2.24, 2.45) is 0 Å². The summed E-state index contributed by atoms with van der Waals surface area (Å²) in [5.41, 5.74) is 0. The van der Waals surface area contributed by atoms with E-state index in [1.165, 1.54) is 0 Å². The first kappa shape index (κ1) is 10.5. The van der Waals surface area contributed by atoms with E-state index in [-0.39, 0.29) is 6.61 Å². The Morgan fingerprint density at radius 3 is 2.47 bits per heavy atom. The van der Waals surface area contributed by atoms with Crippen molar-refractivity contribution in [2.75, 3.05) is 6.61 Å². The van der Waals surface area contributed by atoms with Crippen LogP contribution in [0.4, 0.5) is 0 Å². The van der Waals surface area contributed by atoms with Gasteiger partial charge in [0.1, 0.15) is 6.10 Å². The van der Waals surface area contributed by atoms with E-state index >= 15 is 0 Å². The fourth-order valence-corrected chi connectivity index (χ4v) is 1.67. The van der Waals surface area contributed by atoms with Crippen LogP contribution in [-0.2, 0) is 23.8 Å². The predicted octanol–water partition coefficient (Wildman–Crippen LogP) is -1.01. The van der Waals surface area contributed by atoms with E-state index in [4.69, 9.17) is 14.2 Å². The Bertz CT molecular complexity index is 310. The summed E-state index contributed by atoms with van der Waals surface area (Å²) in [6.45, 7) is 3.60. The molecule has 1 N–H and O–H groups in total. The summed E-state index contributed by atoms with van der Waals surface area (Å²) in [7, 11) is 0. The molecule has 0 aromatic carbocycles. The molecular formula is C9H12O6. The zero-order valence-corrected chi connectivity index (χ0v) is 8.43. The average molecular weight is 216 g/mol. The van der Waals surface area contributed by atoms with Crippen LogP contribution in [0.15, 0.2) is 0 Å². The summed E-state index contributed by atoms with van der Waals surface area (Å²) >= 11 is 0. The molecule has 0 aromatic rings.